The number of aromatic hydroxyl groups is 1. The van der Waals surface area contributed by atoms with Gasteiger partial charge in [-0.25, -0.2) is 0 Å². The summed E-state index contributed by atoms with van der Waals surface area (Å²) in [6.07, 6.45) is 0. The molecule has 0 amide bonds. The number of benzene rings is 2. The fourth-order valence-corrected chi connectivity index (χ4v) is 3.17. The highest BCUT2D eigenvalue weighted by Gasteiger charge is 2.35. The number of hydrogen-bond acceptors (Lipinski definition) is 3. The molecule has 0 unspecified atom stereocenters. The molecule has 0 aliphatic heterocycles. The molecule has 4 nitrogen and oxygen atoms in total. The maximum atomic E-state index is 12.8. The summed E-state index contributed by atoms with van der Waals surface area (Å²) in [5.74, 6) is -0.711. The van der Waals surface area contributed by atoms with Crippen molar-refractivity contribution in [2.24, 2.45) is 7.05 Å². The van der Waals surface area contributed by atoms with Crippen molar-refractivity contribution in [2.45, 2.75) is 0 Å². The third kappa shape index (κ3) is 1.78. The first kappa shape index (κ1) is 13.5. The van der Waals surface area contributed by atoms with Crippen LogP contribution in [0.5, 0.6) is 5.75 Å². The molecule has 0 fully saturated rings. The van der Waals surface area contributed by atoms with E-state index in [1.54, 1.807) is 29.8 Å². The van der Waals surface area contributed by atoms with E-state index >= 15 is 0 Å². The van der Waals surface area contributed by atoms with Gasteiger partial charge in [0.1, 0.15) is 11.4 Å². The SMILES string of the molecule is Cn1c(-c2ccccc2)cc2c1C(=O)c1cccc(O)c1C2=O. The smallest absolute Gasteiger partial charge is 0.211 e. The predicted octanol–water partition coefficient (Wildman–Crippen LogP) is 3.17. The summed E-state index contributed by atoms with van der Waals surface area (Å²) in [4.78, 5) is 25.5. The fraction of sp³-hybridized carbons (Fsp3) is 0.0526. The molecule has 2 aromatic carbocycles. The minimum absolute atomic E-state index is 0.0928. The second-order valence-electron chi connectivity index (χ2n) is 5.57. The zero-order valence-corrected chi connectivity index (χ0v) is 12.4. The van der Waals surface area contributed by atoms with Gasteiger partial charge in [0, 0.05) is 18.3 Å². The van der Waals surface area contributed by atoms with Gasteiger partial charge < -0.3 is 9.67 Å². The van der Waals surface area contributed by atoms with Gasteiger partial charge in [-0.1, -0.05) is 36.4 Å². The Hall–Kier alpha value is -3.14. The van der Waals surface area contributed by atoms with Gasteiger partial charge in [0.05, 0.1) is 11.1 Å². The van der Waals surface area contributed by atoms with Crippen molar-refractivity contribution in [3.63, 3.8) is 0 Å². The minimum atomic E-state index is -0.314. The van der Waals surface area contributed by atoms with Crippen molar-refractivity contribution in [1.82, 2.24) is 4.57 Å². The predicted molar refractivity (Wildman–Crippen MR) is 85.8 cm³/mol. The van der Waals surface area contributed by atoms with E-state index in [4.69, 9.17) is 0 Å². The van der Waals surface area contributed by atoms with E-state index < -0.39 is 0 Å². The van der Waals surface area contributed by atoms with Gasteiger partial charge >= 0.3 is 0 Å². The summed E-state index contributed by atoms with van der Waals surface area (Å²) < 4.78 is 1.75. The average Bonchev–Trinajstić information content (AvgIpc) is 2.91. The standard InChI is InChI=1S/C19H13NO3/c1-20-14(11-6-3-2-4-7-11)10-13-17(20)19(23)12-8-5-9-15(21)16(12)18(13)22/h2-10,21H,1H3. The maximum Gasteiger partial charge on any atom is 0.211 e. The van der Waals surface area contributed by atoms with Gasteiger partial charge in [-0.2, -0.15) is 0 Å². The summed E-state index contributed by atoms with van der Waals surface area (Å²) in [5, 5.41) is 9.98. The zero-order valence-electron chi connectivity index (χ0n) is 12.4. The van der Waals surface area contributed by atoms with E-state index in [9.17, 15) is 14.7 Å². The van der Waals surface area contributed by atoms with Crippen molar-refractivity contribution in [3.8, 4) is 17.0 Å². The van der Waals surface area contributed by atoms with Crippen LogP contribution in [0.3, 0.4) is 0 Å². The van der Waals surface area contributed by atoms with E-state index in [0.717, 1.165) is 11.3 Å². The van der Waals surface area contributed by atoms with Gasteiger partial charge in [0.25, 0.3) is 0 Å². The molecule has 1 aliphatic rings. The van der Waals surface area contributed by atoms with Crippen LogP contribution in [-0.4, -0.2) is 21.2 Å². The van der Waals surface area contributed by atoms with E-state index in [0.29, 0.717) is 11.3 Å². The normalized spacial score (nSPS) is 12.9. The number of phenolic OH excluding ortho intramolecular Hbond substituents is 1. The second kappa shape index (κ2) is 4.68. The van der Waals surface area contributed by atoms with Gasteiger partial charge in [-0.15, -0.1) is 0 Å². The number of nitrogens with zero attached hydrogens (tertiary/aromatic N) is 1. The Morgan fingerprint density at radius 2 is 1.61 bits per heavy atom. The summed E-state index contributed by atoms with van der Waals surface area (Å²) in [5.41, 5.74) is 2.78. The average molecular weight is 303 g/mol. The van der Waals surface area contributed by atoms with Crippen LogP contribution in [0, 0.1) is 0 Å². The van der Waals surface area contributed by atoms with Crippen LogP contribution >= 0.6 is 0 Å². The van der Waals surface area contributed by atoms with Crippen molar-refractivity contribution in [2.75, 3.05) is 0 Å². The van der Waals surface area contributed by atoms with Crippen LogP contribution in [0.2, 0.25) is 0 Å². The Morgan fingerprint density at radius 3 is 2.35 bits per heavy atom. The minimum Gasteiger partial charge on any atom is -0.507 e. The summed E-state index contributed by atoms with van der Waals surface area (Å²) >= 11 is 0. The fourth-order valence-electron chi connectivity index (χ4n) is 3.17. The van der Waals surface area contributed by atoms with E-state index in [1.807, 2.05) is 30.3 Å². The van der Waals surface area contributed by atoms with Crippen molar-refractivity contribution < 1.29 is 14.7 Å². The molecule has 1 aromatic heterocycles. The molecule has 0 spiro atoms. The molecule has 23 heavy (non-hydrogen) atoms. The third-order valence-electron chi connectivity index (χ3n) is 4.28. The van der Waals surface area contributed by atoms with Crippen LogP contribution in [0.15, 0.2) is 54.6 Å². The van der Waals surface area contributed by atoms with Gasteiger partial charge in [0.2, 0.25) is 5.78 Å². The van der Waals surface area contributed by atoms with Crippen LogP contribution in [0.4, 0.5) is 0 Å². The van der Waals surface area contributed by atoms with Gasteiger partial charge in [0.15, 0.2) is 5.78 Å². The Bertz CT molecular complexity index is 966. The molecule has 1 N–H and O–H groups in total. The lowest BCUT2D eigenvalue weighted by atomic mass is 9.87. The second-order valence-corrected chi connectivity index (χ2v) is 5.57. The molecule has 0 saturated carbocycles. The largest absolute Gasteiger partial charge is 0.507 e. The summed E-state index contributed by atoms with van der Waals surface area (Å²) in [6.45, 7) is 0. The Labute approximate surface area is 132 Å². The van der Waals surface area contributed by atoms with E-state index in [2.05, 4.69) is 0 Å². The van der Waals surface area contributed by atoms with Gasteiger partial charge in [-0.3, -0.25) is 9.59 Å². The summed E-state index contributed by atoms with van der Waals surface area (Å²) in [6, 6.07) is 15.9. The quantitative estimate of drug-likeness (QED) is 0.587. The van der Waals surface area contributed by atoms with Crippen molar-refractivity contribution in [3.05, 3.63) is 77.0 Å². The number of aromatic nitrogens is 1. The number of rotatable bonds is 1. The molecule has 0 atom stereocenters. The van der Waals surface area contributed by atoms with E-state index in [1.165, 1.54) is 6.07 Å². The number of ketones is 2. The Kier molecular flexibility index (Phi) is 2.75. The topological polar surface area (TPSA) is 59.3 Å². The molecule has 1 heterocycles. The lowest BCUT2D eigenvalue weighted by Gasteiger charge is -2.16. The maximum absolute atomic E-state index is 12.8. The van der Waals surface area contributed by atoms with E-state index in [-0.39, 0.29) is 28.4 Å². The molecular formula is C19H13NO3. The number of carbonyl (C=O) groups is 2. The molecule has 112 valence electrons. The number of hydrogen-bond donors (Lipinski definition) is 1. The highest BCUT2D eigenvalue weighted by Crippen LogP contribution is 2.36. The highest BCUT2D eigenvalue weighted by molar-refractivity contribution is 6.29. The van der Waals surface area contributed by atoms with Crippen LogP contribution in [0.25, 0.3) is 11.3 Å². The molecule has 1 aliphatic carbocycles. The molecule has 0 bridgehead atoms. The molecule has 4 rings (SSSR count). The molecule has 0 radical (unpaired) electrons. The molecular weight excluding hydrogens is 290 g/mol. The molecule has 0 saturated heterocycles. The third-order valence-corrected chi connectivity index (χ3v) is 4.28. The number of carbonyl (C=O) groups excluding carboxylic acids is 2. The van der Waals surface area contributed by atoms with Gasteiger partial charge in [-0.05, 0) is 23.8 Å². The number of fused-ring (bicyclic) bond motifs is 2. The van der Waals surface area contributed by atoms with Crippen molar-refractivity contribution in [1.29, 1.82) is 0 Å². The monoisotopic (exact) mass is 303 g/mol. The van der Waals surface area contributed by atoms with Crippen LogP contribution in [-0.2, 0) is 7.05 Å². The first-order valence-corrected chi connectivity index (χ1v) is 7.26. The van der Waals surface area contributed by atoms with Crippen LogP contribution < -0.4 is 0 Å². The van der Waals surface area contributed by atoms with Crippen LogP contribution in [0.1, 0.15) is 32.0 Å². The lowest BCUT2D eigenvalue weighted by molar-refractivity contribution is 0.0972. The Morgan fingerprint density at radius 1 is 0.870 bits per heavy atom. The highest BCUT2D eigenvalue weighted by atomic mass is 16.3. The lowest BCUT2D eigenvalue weighted by Crippen LogP contribution is -2.22. The summed E-state index contributed by atoms with van der Waals surface area (Å²) in [7, 11) is 1.78. The van der Waals surface area contributed by atoms with Crippen molar-refractivity contribution >= 4 is 11.6 Å². The first-order chi connectivity index (χ1) is 11.1. The number of phenols is 1. The first-order valence-electron chi connectivity index (χ1n) is 7.26. The molecule has 4 heteroatoms. The molecule has 3 aromatic rings. The zero-order chi connectivity index (χ0) is 16.1. The Balaban J connectivity index is 1.99.